The van der Waals surface area contributed by atoms with E-state index in [2.05, 4.69) is 15.4 Å². The average Bonchev–Trinajstić information content (AvgIpc) is 2.74. The molecule has 33 heavy (non-hydrogen) atoms. The summed E-state index contributed by atoms with van der Waals surface area (Å²) in [5, 5.41) is 5.25. The lowest BCUT2D eigenvalue weighted by molar-refractivity contribution is -0.114. The van der Waals surface area contributed by atoms with Crippen LogP contribution in [0, 0.1) is 5.82 Å². The lowest BCUT2D eigenvalue weighted by atomic mass is 10.1. The summed E-state index contributed by atoms with van der Waals surface area (Å²) in [6.07, 6.45) is 0.974. The third-order valence-corrected chi connectivity index (χ3v) is 5.41. The molecule has 3 rings (SSSR count). The maximum atomic E-state index is 13.2. The van der Waals surface area contributed by atoms with Crippen molar-refractivity contribution in [3.63, 3.8) is 0 Å². The lowest BCUT2D eigenvalue weighted by Crippen LogP contribution is -2.51. The van der Waals surface area contributed by atoms with E-state index in [1.807, 2.05) is 0 Å². The molecule has 0 unspecified atom stereocenters. The van der Waals surface area contributed by atoms with E-state index in [0.29, 0.717) is 11.4 Å². The van der Waals surface area contributed by atoms with Crippen molar-refractivity contribution in [2.24, 2.45) is 0 Å². The summed E-state index contributed by atoms with van der Waals surface area (Å²) in [7, 11) is -3.65. The van der Waals surface area contributed by atoms with E-state index in [9.17, 15) is 27.2 Å². The van der Waals surface area contributed by atoms with Crippen LogP contribution in [0.5, 0.6) is 0 Å². The number of amides is 4. The Morgan fingerprint density at radius 2 is 1.45 bits per heavy atom. The van der Waals surface area contributed by atoms with Crippen molar-refractivity contribution in [3.05, 3.63) is 53.8 Å². The Morgan fingerprint density at radius 3 is 2.03 bits per heavy atom. The highest BCUT2D eigenvalue weighted by Gasteiger charge is 2.27. The van der Waals surface area contributed by atoms with Crippen LogP contribution in [0.4, 0.5) is 26.2 Å². The van der Waals surface area contributed by atoms with Gasteiger partial charge in [0.15, 0.2) is 0 Å². The molecule has 0 spiro atoms. The summed E-state index contributed by atoms with van der Waals surface area (Å²) in [4.78, 5) is 40.0. The molecular formula is C21H24FN5O5S. The Labute approximate surface area is 190 Å². The molecule has 1 aliphatic heterocycles. The molecule has 1 heterocycles. The monoisotopic (exact) mass is 477 g/mol. The molecule has 3 N–H and O–H groups in total. The van der Waals surface area contributed by atoms with Gasteiger partial charge >= 0.3 is 6.03 Å². The molecule has 0 atom stereocenters. The van der Waals surface area contributed by atoms with Gasteiger partial charge in [0.25, 0.3) is 5.91 Å². The summed E-state index contributed by atoms with van der Waals surface area (Å²) in [6, 6.07) is 9.31. The maximum Gasteiger partial charge on any atom is 0.321 e. The molecule has 4 amide bonds. The normalized spacial score (nSPS) is 13.9. The highest BCUT2D eigenvalue weighted by Crippen LogP contribution is 2.24. The second-order valence-electron chi connectivity index (χ2n) is 7.53. The van der Waals surface area contributed by atoms with Crippen molar-refractivity contribution in [3.8, 4) is 0 Å². The molecule has 1 aliphatic rings. The number of sulfonamides is 1. The van der Waals surface area contributed by atoms with E-state index in [-0.39, 0.29) is 49.4 Å². The van der Waals surface area contributed by atoms with E-state index in [0.717, 1.165) is 6.26 Å². The first-order valence-electron chi connectivity index (χ1n) is 10.0. The molecule has 176 valence electrons. The highest BCUT2D eigenvalue weighted by atomic mass is 32.2. The smallest absolute Gasteiger partial charge is 0.321 e. The summed E-state index contributed by atoms with van der Waals surface area (Å²) < 4.78 is 38.8. The van der Waals surface area contributed by atoms with Crippen molar-refractivity contribution >= 4 is 44.9 Å². The minimum atomic E-state index is -3.65. The number of hydrogen-bond acceptors (Lipinski definition) is 5. The van der Waals surface area contributed by atoms with E-state index in [4.69, 9.17) is 0 Å². The zero-order chi connectivity index (χ0) is 24.2. The van der Waals surface area contributed by atoms with Gasteiger partial charge in [-0.1, -0.05) is 0 Å². The third kappa shape index (κ3) is 6.65. The Bertz CT molecular complexity index is 1160. The second kappa shape index (κ2) is 9.86. The summed E-state index contributed by atoms with van der Waals surface area (Å²) in [5.41, 5.74) is 0.970. The van der Waals surface area contributed by atoms with Gasteiger partial charge < -0.3 is 20.4 Å². The van der Waals surface area contributed by atoms with Crippen LogP contribution in [-0.4, -0.2) is 68.5 Å². The molecular weight excluding hydrogens is 453 g/mol. The van der Waals surface area contributed by atoms with Crippen molar-refractivity contribution in [2.75, 3.05) is 47.8 Å². The summed E-state index contributed by atoms with van der Waals surface area (Å²) in [5.74, 6) is -1.18. The van der Waals surface area contributed by atoms with E-state index < -0.39 is 21.7 Å². The maximum absolute atomic E-state index is 13.2. The Morgan fingerprint density at radius 1 is 0.879 bits per heavy atom. The van der Waals surface area contributed by atoms with Crippen LogP contribution in [0.3, 0.4) is 0 Å². The summed E-state index contributed by atoms with van der Waals surface area (Å²) in [6.45, 7) is 2.26. The average molecular weight is 478 g/mol. The standard InChI is InChI=1S/C21H24FN5O5S/c1-14(28)23-17-7-8-19(25-33(2,31)32)18(13-17)20(29)26-9-11-27(12-10-26)21(30)24-16-5-3-15(22)4-6-16/h3-8,13,25H,9-12H2,1-2H3,(H,23,28)(H,24,30). The first kappa shape index (κ1) is 24.0. The van der Waals surface area contributed by atoms with Crippen molar-refractivity contribution < 1.29 is 27.2 Å². The van der Waals surface area contributed by atoms with Gasteiger partial charge in [-0.15, -0.1) is 0 Å². The molecule has 1 fully saturated rings. The van der Waals surface area contributed by atoms with E-state index in [1.54, 1.807) is 0 Å². The predicted molar refractivity (Wildman–Crippen MR) is 122 cm³/mol. The number of nitrogens with one attached hydrogen (secondary N) is 3. The van der Waals surface area contributed by atoms with Crippen molar-refractivity contribution in [1.82, 2.24) is 9.80 Å². The zero-order valence-electron chi connectivity index (χ0n) is 18.1. The van der Waals surface area contributed by atoms with Crippen LogP contribution in [-0.2, 0) is 14.8 Å². The molecule has 0 saturated carbocycles. The van der Waals surface area contributed by atoms with E-state index >= 15 is 0 Å². The van der Waals surface area contributed by atoms with Gasteiger partial charge in [-0.25, -0.2) is 17.6 Å². The predicted octanol–water partition coefficient (Wildman–Crippen LogP) is 2.15. The Kier molecular flexibility index (Phi) is 7.16. The van der Waals surface area contributed by atoms with Gasteiger partial charge in [0.05, 0.1) is 17.5 Å². The van der Waals surface area contributed by atoms with Gasteiger partial charge in [0.2, 0.25) is 15.9 Å². The van der Waals surface area contributed by atoms with Crippen LogP contribution in [0.25, 0.3) is 0 Å². The fourth-order valence-electron chi connectivity index (χ4n) is 3.31. The topological polar surface area (TPSA) is 128 Å². The number of rotatable bonds is 5. The first-order valence-corrected chi connectivity index (χ1v) is 11.9. The first-order chi connectivity index (χ1) is 15.5. The van der Waals surface area contributed by atoms with Gasteiger partial charge in [0.1, 0.15) is 5.82 Å². The Balaban J connectivity index is 1.70. The van der Waals surface area contributed by atoms with Crippen LogP contribution in [0.2, 0.25) is 0 Å². The third-order valence-electron chi connectivity index (χ3n) is 4.82. The molecule has 2 aromatic rings. The van der Waals surface area contributed by atoms with Crippen molar-refractivity contribution in [1.29, 1.82) is 0 Å². The molecule has 0 aliphatic carbocycles. The minimum absolute atomic E-state index is 0.0795. The molecule has 1 saturated heterocycles. The number of carbonyl (C=O) groups is 3. The largest absolute Gasteiger partial charge is 0.335 e. The van der Waals surface area contributed by atoms with Gasteiger partial charge in [-0.2, -0.15) is 0 Å². The van der Waals surface area contributed by atoms with Crippen LogP contribution in [0.15, 0.2) is 42.5 Å². The number of hydrogen-bond donors (Lipinski definition) is 3. The molecule has 0 radical (unpaired) electrons. The second-order valence-corrected chi connectivity index (χ2v) is 9.28. The van der Waals surface area contributed by atoms with Crippen LogP contribution >= 0.6 is 0 Å². The number of benzene rings is 2. The fraction of sp³-hybridized carbons (Fsp3) is 0.286. The molecule has 2 aromatic carbocycles. The fourth-order valence-corrected chi connectivity index (χ4v) is 3.89. The summed E-state index contributed by atoms with van der Waals surface area (Å²) >= 11 is 0. The number of halogens is 1. The zero-order valence-corrected chi connectivity index (χ0v) is 18.9. The molecule has 12 heteroatoms. The van der Waals surface area contributed by atoms with Gasteiger partial charge in [0, 0.05) is 44.5 Å². The molecule has 10 nitrogen and oxygen atoms in total. The molecule has 0 aromatic heterocycles. The quantitative estimate of drug-likeness (QED) is 0.608. The van der Waals surface area contributed by atoms with Crippen molar-refractivity contribution in [2.45, 2.75) is 6.92 Å². The number of carbonyl (C=O) groups excluding carboxylic acids is 3. The highest BCUT2D eigenvalue weighted by molar-refractivity contribution is 7.92. The SMILES string of the molecule is CC(=O)Nc1ccc(NS(C)(=O)=O)c(C(=O)N2CCN(C(=O)Nc3ccc(F)cc3)CC2)c1. The Hall–Kier alpha value is -3.67. The van der Waals surface area contributed by atoms with Crippen LogP contribution in [0.1, 0.15) is 17.3 Å². The number of nitrogens with zero attached hydrogens (tertiary/aromatic N) is 2. The number of urea groups is 1. The molecule has 0 bridgehead atoms. The van der Waals surface area contributed by atoms with Gasteiger partial charge in [-0.3, -0.25) is 14.3 Å². The van der Waals surface area contributed by atoms with E-state index in [1.165, 1.54) is 59.2 Å². The number of anilines is 3. The van der Waals surface area contributed by atoms with Gasteiger partial charge in [-0.05, 0) is 42.5 Å². The lowest BCUT2D eigenvalue weighted by Gasteiger charge is -2.35. The van der Waals surface area contributed by atoms with Crippen LogP contribution < -0.4 is 15.4 Å². The number of piperazine rings is 1. The minimum Gasteiger partial charge on any atom is -0.335 e.